The van der Waals surface area contributed by atoms with Crippen LogP contribution in [-0.2, 0) is 11.2 Å². The van der Waals surface area contributed by atoms with Crippen molar-refractivity contribution < 1.29 is 19.4 Å². The molecule has 5 heteroatoms. The molecule has 0 spiro atoms. The van der Waals surface area contributed by atoms with Gasteiger partial charge in [0.05, 0.1) is 12.0 Å². The molecule has 1 aromatic rings. The van der Waals surface area contributed by atoms with E-state index in [-0.39, 0.29) is 31.3 Å². The first-order valence-corrected chi connectivity index (χ1v) is 7.25. The number of rotatable bonds is 8. The van der Waals surface area contributed by atoms with E-state index in [2.05, 4.69) is 5.32 Å². The van der Waals surface area contributed by atoms with Crippen LogP contribution in [0.4, 0.5) is 4.39 Å². The van der Waals surface area contributed by atoms with Crippen LogP contribution in [0.5, 0.6) is 0 Å². The van der Waals surface area contributed by atoms with Crippen LogP contribution in [0.25, 0.3) is 0 Å². The maximum absolute atomic E-state index is 13.4. The van der Waals surface area contributed by atoms with E-state index in [1.807, 2.05) is 6.92 Å². The van der Waals surface area contributed by atoms with Gasteiger partial charge in [-0.2, -0.15) is 0 Å². The van der Waals surface area contributed by atoms with Crippen molar-refractivity contribution in [1.82, 2.24) is 5.32 Å². The average Bonchev–Trinajstić information content (AvgIpc) is 2.47. The number of amides is 1. The molecule has 0 bridgehead atoms. The second kappa shape index (κ2) is 8.10. The van der Waals surface area contributed by atoms with Crippen LogP contribution in [0.1, 0.15) is 37.3 Å². The molecule has 0 aromatic heterocycles. The Morgan fingerprint density at radius 3 is 2.71 bits per heavy atom. The standard InChI is InChI=1S/C16H24FNO3/c1-3-16(21,7-4-8-19)11-18-15(20)10-13-6-5-12(2)14(17)9-13/h5-6,9,19,21H,3-4,7-8,10-11H2,1-2H3,(H,18,20)/t16-/m0/s1. The number of aryl methyl sites for hydroxylation is 1. The van der Waals surface area contributed by atoms with Crippen molar-refractivity contribution in [3.63, 3.8) is 0 Å². The van der Waals surface area contributed by atoms with Gasteiger partial charge in [0.15, 0.2) is 0 Å². The summed E-state index contributed by atoms with van der Waals surface area (Å²) in [5, 5.41) is 21.7. The molecule has 3 N–H and O–H groups in total. The first-order valence-electron chi connectivity index (χ1n) is 7.25. The summed E-state index contributed by atoms with van der Waals surface area (Å²) in [6, 6.07) is 4.71. The van der Waals surface area contributed by atoms with Crippen molar-refractivity contribution in [2.45, 2.75) is 45.1 Å². The highest BCUT2D eigenvalue weighted by atomic mass is 19.1. The van der Waals surface area contributed by atoms with E-state index >= 15 is 0 Å². The molecule has 0 aliphatic rings. The summed E-state index contributed by atoms with van der Waals surface area (Å²) in [5.74, 6) is -0.581. The van der Waals surface area contributed by atoms with Gasteiger partial charge in [0.1, 0.15) is 5.82 Å². The van der Waals surface area contributed by atoms with Crippen LogP contribution >= 0.6 is 0 Å². The van der Waals surface area contributed by atoms with Gasteiger partial charge in [-0.05, 0) is 43.4 Å². The minimum Gasteiger partial charge on any atom is -0.396 e. The van der Waals surface area contributed by atoms with E-state index in [9.17, 15) is 14.3 Å². The predicted molar refractivity (Wildman–Crippen MR) is 79.4 cm³/mol. The fourth-order valence-corrected chi connectivity index (χ4v) is 2.06. The zero-order valence-corrected chi connectivity index (χ0v) is 12.7. The monoisotopic (exact) mass is 297 g/mol. The lowest BCUT2D eigenvalue weighted by atomic mass is 9.94. The van der Waals surface area contributed by atoms with E-state index in [4.69, 9.17) is 5.11 Å². The van der Waals surface area contributed by atoms with Gasteiger partial charge in [-0.25, -0.2) is 4.39 Å². The smallest absolute Gasteiger partial charge is 0.224 e. The molecule has 0 saturated heterocycles. The molecule has 0 heterocycles. The fraction of sp³-hybridized carbons (Fsp3) is 0.562. The second-order valence-electron chi connectivity index (χ2n) is 5.44. The minimum atomic E-state index is -1.00. The van der Waals surface area contributed by atoms with Crippen molar-refractivity contribution in [2.24, 2.45) is 0 Å². The summed E-state index contributed by atoms with van der Waals surface area (Å²) in [5.41, 5.74) is 0.145. The number of nitrogens with one attached hydrogen (secondary N) is 1. The third-order valence-corrected chi connectivity index (χ3v) is 3.67. The summed E-state index contributed by atoms with van der Waals surface area (Å²) in [6.45, 7) is 3.65. The van der Waals surface area contributed by atoms with E-state index in [1.165, 1.54) is 6.07 Å². The number of aliphatic hydroxyl groups is 2. The molecule has 0 saturated carbocycles. The van der Waals surface area contributed by atoms with Gasteiger partial charge in [0.25, 0.3) is 0 Å². The van der Waals surface area contributed by atoms with Gasteiger partial charge in [-0.3, -0.25) is 4.79 Å². The molecular formula is C16H24FNO3. The topological polar surface area (TPSA) is 69.6 Å². The Morgan fingerprint density at radius 1 is 1.43 bits per heavy atom. The summed E-state index contributed by atoms with van der Waals surface area (Å²) in [6.07, 6.45) is 1.49. The van der Waals surface area contributed by atoms with Crippen molar-refractivity contribution >= 4 is 5.91 Å². The van der Waals surface area contributed by atoms with Gasteiger partial charge in [-0.1, -0.05) is 19.1 Å². The second-order valence-corrected chi connectivity index (χ2v) is 5.44. The Hall–Kier alpha value is -1.46. The number of hydrogen-bond donors (Lipinski definition) is 3. The highest BCUT2D eigenvalue weighted by molar-refractivity contribution is 5.78. The third kappa shape index (κ3) is 5.81. The minimum absolute atomic E-state index is 0.0128. The molecule has 1 rings (SSSR count). The Bertz CT molecular complexity index is 479. The molecule has 0 aliphatic heterocycles. The van der Waals surface area contributed by atoms with Crippen molar-refractivity contribution in [2.75, 3.05) is 13.2 Å². The molecule has 0 fully saturated rings. The van der Waals surface area contributed by atoms with Crippen molar-refractivity contribution in [3.05, 3.63) is 35.1 Å². The highest BCUT2D eigenvalue weighted by Gasteiger charge is 2.24. The Labute approximate surface area is 125 Å². The summed E-state index contributed by atoms with van der Waals surface area (Å²) in [7, 11) is 0. The Balaban J connectivity index is 2.51. The molecule has 0 radical (unpaired) electrons. The quantitative estimate of drug-likeness (QED) is 0.684. The maximum atomic E-state index is 13.4. The van der Waals surface area contributed by atoms with E-state index in [0.29, 0.717) is 30.4 Å². The first kappa shape index (κ1) is 17.6. The number of aliphatic hydroxyl groups excluding tert-OH is 1. The number of carbonyl (C=O) groups excluding carboxylic acids is 1. The SMILES string of the molecule is CC[C@](O)(CCCO)CNC(=O)Cc1ccc(C)c(F)c1. The molecular weight excluding hydrogens is 273 g/mol. The Kier molecular flexibility index (Phi) is 6.78. The molecule has 0 aliphatic carbocycles. The van der Waals surface area contributed by atoms with Crippen LogP contribution in [0.2, 0.25) is 0 Å². The number of halogens is 1. The van der Waals surface area contributed by atoms with Crippen LogP contribution in [0.3, 0.4) is 0 Å². The van der Waals surface area contributed by atoms with E-state index < -0.39 is 5.60 Å². The predicted octanol–water partition coefficient (Wildman–Crippen LogP) is 1.71. The number of hydrogen-bond acceptors (Lipinski definition) is 3. The first-order chi connectivity index (χ1) is 9.90. The molecule has 4 nitrogen and oxygen atoms in total. The maximum Gasteiger partial charge on any atom is 0.224 e. The van der Waals surface area contributed by atoms with Crippen LogP contribution in [0.15, 0.2) is 18.2 Å². The van der Waals surface area contributed by atoms with Crippen molar-refractivity contribution in [3.8, 4) is 0 Å². The van der Waals surface area contributed by atoms with Crippen LogP contribution in [0, 0.1) is 12.7 Å². The zero-order chi connectivity index (χ0) is 15.9. The lowest BCUT2D eigenvalue weighted by molar-refractivity contribution is -0.121. The molecule has 21 heavy (non-hydrogen) atoms. The van der Waals surface area contributed by atoms with Crippen LogP contribution < -0.4 is 5.32 Å². The van der Waals surface area contributed by atoms with Gasteiger partial charge in [0.2, 0.25) is 5.91 Å². The summed E-state index contributed by atoms with van der Waals surface area (Å²) >= 11 is 0. The Morgan fingerprint density at radius 2 is 2.14 bits per heavy atom. The third-order valence-electron chi connectivity index (χ3n) is 3.67. The lowest BCUT2D eigenvalue weighted by Crippen LogP contribution is -2.43. The van der Waals surface area contributed by atoms with Gasteiger partial charge >= 0.3 is 0 Å². The lowest BCUT2D eigenvalue weighted by Gasteiger charge is -2.26. The van der Waals surface area contributed by atoms with Crippen molar-refractivity contribution in [1.29, 1.82) is 0 Å². The molecule has 1 atom stereocenters. The molecule has 0 unspecified atom stereocenters. The van der Waals surface area contributed by atoms with E-state index in [1.54, 1.807) is 19.1 Å². The highest BCUT2D eigenvalue weighted by Crippen LogP contribution is 2.16. The van der Waals surface area contributed by atoms with Gasteiger partial charge in [0, 0.05) is 13.2 Å². The molecule has 1 amide bonds. The summed E-state index contributed by atoms with van der Waals surface area (Å²) < 4.78 is 13.4. The summed E-state index contributed by atoms with van der Waals surface area (Å²) in [4.78, 5) is 11.9. The van der Waals surface area contributed by atoms with Crippen LogP contribution in [-0.4, -0.2) is 34.9 Å². The van der Waals surface area contributed by atoms with Gasteiger partial charge in [-0.15, -0.1) is 0 Å². The molecule has 1 aromatic carbocycles. The molecule has 118 valence electrons. The van der Waals surface area contributed by atoms with E-state index in [0.717, 1.165) is 0 Å². The zero-order valence-electron chi connectivity index (χ0n) is 12.7. The fourth-order valence-electron chi connectivity index (χ4n) is 2.06. The largest absolute Gasteiger partial charge is 0.396 e. The number of carbonyl (C=O) groups is 1. The average molecular weight is 297 g/mol. The normalized spacial score (nSPS) is 13.8. The number of benzene rings is 1. The van der Waals surface area contributed by atoms with Gasteiger partial charge < -0.3 is 15.5 Å².